The van der Waals surface area contributed by atoms with E-state index in [9.17, 15) is 4.79 Å². The Morgan fingerprint density at radius 1 is 1.14 bits per heavy atom. The number of halogens is 1. The van der Waals surface area contributed by atoms with Gasteiger partial charge in [-0.1, -0.05) is 17.7 Å². The van der Waals surface area contributed by atoms with E-state index in [2.05, 4.69) is 26.2 Å². The Kier molecular flexibility index (Phi) is 5.64. The number of amides is 1. The molecular formula is C20H21ClN4O3. The van der Waals surface area contributed by atoms with Crippen LogP contribution in [0, 0.1) is 0 Å². The standard InChI is InChI=1S/C20H21ClN4O3/c21-15-3-1-4-16(11-15)25-8-6-24(7-9-25)13-19-23-18(14-28-19)20(26)22-12-17-5-2-10-27-17/h1-5,10-11,14H,6-9,12-13H2,(H,22,26). The Balaban J connectivity index is 1.27. The summed E-state index contributed by atoms with van der Waals surface area (Å²) >= 11 is 6.08. The number of rotatable bonds is 6. The van der Waals surface area contributed by atoms with Crippen LogP contribution in [-0.2, 0) is 13.1 Å². The highest BCUT2D eigenvalue weighted by Crippen LogP contribution is 2.21. The van der Waals surface area contributed by atoms with Gasteiger partial charge in [-0.25, -0.2) is 4.98 Å². The molecule has 146 valence electrons. The molecule has 28 heavy (non-hydrogen) atoms. The molecule has 1 aliphatic rings. The van der Waals surface area contributed by atoms with Gasteiger partial charge in [0.2, 0.25) is 5.89 Å². The van der Waals surface area contributed by atoms with E-state index in [0.29, 0.717) is 24.7 Å². The van der Waals surface area contributed by atoms with Gasteiger partial charge in [-0.2, -0.15) is 0 Å². The van der Waals surface area contributed by atoms with Gasteiger partial charge >= 0.3 is 0 Å². The Morgan fingerprint density at radius 2 is 2.00 bits per heavy atom. The number of piperazine rings is 1. The van der Waals surface area contributed by atoms with E-state index in [4.69, 9.17) is 20.4 Å². The van der Waals surface area contributed by atoms with Gasteiger partial charge in [0, 0.05) is 36.9 Å². The normalized spacial score (nSPS) is 15.0. The van der Waals surface area contributed by atoms with Gasteiger partial charge in [-0.3, -0.25) is 9.69 Å². The van der Waals surface area contributed by atoms with Crippen molar-refractivity contribution in [2.24, 2.45) is 0 Å². The van der Waals surface area contributed by atoms with Crippen molar-refractivity contribution < 1.29 is 13.6 Å². The highest BCUT2D eigenvalue weighted by Gasteiger charge is 2.20. The van der Waals surface area contributed by atoms with Crippen LogP contribution in [0.15, 0.2) is 57.8 Å². The van der Waals surface area contributed by atoms with Crippen LogP contribution in [0.5, 0.6) is 0 Å². The lowest BCUT2D eigenvalue weighted by atomic mass is 10.2. The zero-order valence-electron chi connectivity index (χ0n) is 15.3. The topological polar surface area (TPSA) is 74.8 Å². The molecule has 0 saturated carbocycles. The number of nitrogens with zero attached hydrogens (tertiary/aromatic N) is 3. The molecule has 1 aliphatic heterocycles. The summed E-state index contributed by atoms with van der Waals surface area (Å²) in [5, 5.41) is 3.51. The Morgan fingerprint density at radius 3 is 2.75 bits per heavy atom. The third-order valence-electron chi connectivity index (χ3n) is 4.69. The van der Waals surface area contributed by atoms with Gasteiger partial charge in [-0.15, -0.1) is 0 Å². The van der Waals surface area contributed by atoms with Crippen LogP contribution in [0.1, 0.15) is 22.1 Å². The maximum Gasteiger partial charge on any atom is 0.273 e. The molecular weight excluding hydrogens is 380 g/mol. The van der Waals surface area contributed by atoms with Crippen LogP contribution in [0.4, 0.5) is 5.69 Å². The molecule has 0 unspecified atom stereocenters. The summed E-state index contributed by atoms with van der Waals surface area (Å²) in [5.41, 5.74) is 1.41. The monoisotopic (exact) mass is 400 g/mol. The molecule has 2 aromatic heterocycles. The van der Waals surface area contributed by atoms with Gasteiger partial charge in [0.05, 0.1) is 19.4 Å². The van der Waals surface area contributed by atoms with Crippen LogP contribution < -0.4 is 10.2 Å². The number of benzene rings is 1. The third-order valence-corrected chi connectivity index (χ3v) is 4.93. The Labute approximate surface area is 167 Å². The predicted octanol–water partition coefficient (Wildman–Crippen LogP) is 3.17. The average Bonchev–Trinajstić information content (AvgIpc) is 3.39. The predicted molar refractivity (Wildman–Crippen MR) is 105 cm³/mol. The van der Waals surface area contributed by atoms with Crippen molar-refractivity contribution in [3.05, 3.63) is 71.3 Å². The fraction of sp³-hybridized carbons (Fsp3) is 0.300. The van der Waals surface area contributed by atoms with Crippen LogP contribution in [-0.4, -0.2) is 42.0 Å². The number of carbonyl (C=O) groups excluding carboxylic acids is 1. The maximum atomic E-state index is 12.2. The van der Waals surface area contributed by atoms with Crippen molar-refractivity contribution in [2.75, 3.05) is 31.1 Å². The van der Waals surface area contributed by atoms with Crippen molar-refractivity contribution in [2.45, 2.75) is 13.1 Å². The van der Waals surface area contributed by atoms with Crippen LogP contribution >= 0.6 is 11.6 Å². The molecule has 0 atom stereocenters. The van der Waals surface area contributed by atoms with Crippen LogP contribution in [0.2, 0.25) is 5.02 Å². The number of hydrogen-bond donors (Lipinski definition) is 1. The summed E-state index contributed by atoms with van der Waals surface area (Å²) in [7, 11) is 0. The summed E-state index contributed by atoms with van der Waals surface area (Å²) in [4.78, 5) is 21.0. The fourth-order valence-electron chi connectivity index (χ4n) is 3.19. The molecule has 1 amide bonds. The maximum absolute atomic E-state index is 12.2. The van der Waals surface area contributed by atoms with E-state index < -0.39 is 0 Å². The molecule has 0 spiro atoms. The molecule has 0 aliphatic carbocycles. The van der Waals surface area contributed by atoms with E-state index in [1.54, 1.807) is 18.4 Å². The highest BCUT2D eigenvalue weighted by molar-refractivity contribution is 6.30. The number of aromatic nitrogens is 1. The van der Waals surface area contributed by atoms with E-state index >= 15 is 0 Å². The number of carbonyl (C=O) groups is 1. The van der Waals surface area contributed by atoms with E-state index in [-0.39, 0.29) is 11.6 Å². The minimum atomic E-state index is -0.280. The first-order valence-electron chi connectivity index (χ1n) is 9.15. The summed E-state index contributed by atoms with van der Waals surface area (Å²) in [6.45, 7) is 4.47. The molecule has 7 nitrogen and oxygen atoms in total. The first-order valence-corrected chi connectivity index (χ1v) is 9.53. The summed E-state index contributed by atoms with van der Waals surface area (Å²) < 4.78 is 10.7. The zero-order chi connectivity index (χ0) is 19.3. The van der Waals surface area contributed by atoms with Crippen molar-refractivity contribution in [1.82, 2.24) is 15.2 Å². The van der Waals surface area contributed by atoms with E-state index in [0.717, 1.165) is 36.9 Å². The number of nitrogens with one attached hydrogen (secondary N) is 1. The minimum absolute atomic E-state index is 0.277. The summed E-state index contributed by atoms with van der Waals surface area (Å²) in [6.07, 6.45) is 2.97. The molecule has 1 fully saturated rings. The van der Waals surface area contributed by atoms with Crippen LogP contribution in [0.25, 0.3) is 0 Å². The quantitative estimate of drug-likeness (QED) is 0.685. The second kappa shape index (κ2) is 8.50. The van der Waals surface area contributed by atoms with Crippen molar-refractivity contribution >= 4 is 23.2 Å². The molecule has 1 N–H and O–H groups in total. The molecule has 1 saturated heterocycles. The number of hydrogen-bond acceptors (Lipinski definition) is 6. The highest BCUT2D eigenvalue weighted by atomic mass is 35.5. The van der Waals surface area contributed by atoms with E-state index in [1.807, 2.05) is 18.2 Å². The molecule has 8 heteroatoms. The minimum Gasteiger partial charge on any atom is -0.467 e. The van der Waals surface area contributed by atoms with Gasteiger partial charge in [0.25, 0.3) is 5.91 Å². The second-order valence-electron chi connectivity index (χ2n) is 6.63. The Hall–Kier alpha value is -2.77. The summed E-state index contributed by atoms with van der Waals surface area (Å²) in [5.74, 6) is 0.950. The zero-order valence-corrected chi connectivity index (χ0v) is 16.1. The van der Waals surface area contributed by atoms with Gasteiger partial charge in [0.1, 0.15) is 12.0 Å². The number of furan rings is 1. The van der Waals surface area contributed by atoms with Gasteiger partial charge in [-0.05, 0) is 30.3 Å². The first kappa shape index (κ1) is 18.6. The summed E-state index contributed by atoms with van der Waals surface area (Å²) in [6, 6.07) is 11.5. The molecule has 3 heterocycles. The average molecular weight is 401 g/mol. The van der Waals surface area contributed by atoms with Crippen LogP contribution in [0.3, 0.4) is 0 Å². The second-order valence-corrected chi connectivity index (χ2v) is 7.07. The molecule has 1 aromatic carbocycles. The molecule has 3 aromatic rings. The van der Waals surface area contributed by atoms with Gasteiger partial charge in [0.15, 0.2) is 5.69 Å². The van der Waals surface area contributed by atoms with Crippen molar-refractivity contribution in [3.8, 4) is 0 Å². The number of oxazole rings is 1. The third kappa shape index (κ3) is 4.55. The van der Waals surface area contributed by atoms with Crippen molar-refractivity contribution in [1.29, 1.82) is 0 Å². The molecule has 0 radical (unpaired) electrons. The number of anilines is 1. The molecule has 0 bridgehead atoms. The Bertz CT molecular complexity index is 917. The van der Waals surface area contributed by atoms with Crippen molar-refractivity contribution in [3.63, 3.8) is 0 Å². The van der Waals surface area contributed by atoms with E-state index in [1.165, 1.54) is 6.26 Å². The lowest BCUT2D eigenvalue weighted by Gasteiger charge is -2.35. The molecule has 4 rings (SSSR count). The lowest BCUT2D eigenvalue weighted by molar-refractivity contribution is 0.0943. The first-order chi connectivity index (χ1) is 13.7. The largest absolute Gasteiger partial charge is 0.467 e. The lowest BCUT2D eigenvalue weighted by Crippen LogP contribution is -2.46. The fourth-order valence-corrected chi connectivity index (χ4v) is 3.37. The van der Waals surface area contributed by atoms with Gasteiger partial charge < -0.3 is 19.1 Å². The SMILES string of the molecule is O=C(NCc1ccco1)c1coc(CN2CCN(c3cccc(Cl)c3)CC2)n1. The smallest absolute Gasteiger partial charge is 0.273 e.